The molecule has 0 bridgehead atoms. The van der Waals surface area contributed by atoms with Crippen molar-refractivity contribution in [3.05, 3.63) is 56.7 Å². The van der Waals surface area contributed by atoms with Gasteiger partial charge in [-0.2, -0.15) is 0 Å². The number of aryl methyl sites for hydroxylation is 1. The van der Waals surface area contributed by atoms with Gasteiger partial charge in [-0.3, -0.25) is 0 Å². The van der Waals surface area contributed by atoms with E-state index in [1.54, 1.807) is 11.3 Å². The Labute approximate surface area is 131 Å². The van der Waals surface area contributed by atoms with Gasteiger partial charge in [0, 0.05) is 4.88 Å². The predicted molar refractivity (Wildman–Crippen MR) is 89.9 cm³/mol. The molecule has 0 saturated heterocycles. The molecule has 1 atom stereocenters. The maximum absolute atomic E-state index is 6.04. The normalized spacial score (nSPS) is 12.6. The van der Waals surface area contributed by atoms with Gasteiger partial charge >= 0.3 is 0 Å². The molecule has 1 aromatic heterocycles. The summed E-state index contributed by atoms with van der Waals surface area (Å²) in [6.45, 7) is 6.43. The van der Waals surface area contributed by atoms with Crippen LogP contribution in [0.15, 0.2) is 36.4 Å². The van der Waals surface area contributed by atoms with Gasteiger partial charge in [-0.1, -0.05) is 42.8 Å². The fourth-order valence-electron chi connectivity index (χ4n) is 2.46. The second-order valence-corrected chi connectivity index (χ2v) is 7.01. The van der Waals surface area contributed by atoms with Gasteiger partial charge < -0.3 is 5.32 Å². The molecule has 2 rings (SSSR count). The van der Waals surface area contributed by atoms with Gasteiger partial charge in [0.1, 0.15) is 0 Å². The Morgan fingerprint density at radius 3 is 2.60 bits per heavy atom. The third-order valence-corrected chi connectivity index (χ3v) is 4.83. The maximum atomic E-state index is 6.04. The average Bonchev–Trinajstić information content (AvgIpc) is 2.84. The van der Waals surface area contributed by atoms with E-state index >= 15 is 0 Å². The molecule has 108 valence electrons. The number of nitrogens with one attached hydrogen (secondary N) is 1. The Kier molecular flexibility index (Phi) is 6.08. The zero-order chi connectivity index (χ0) is 14.4. The molecule has 0 aliphatic rings. The van der Waals surface area contributed by atoms with Crippen molar-refractivity contribution in [1.82, 2.24) is 5.32 Å². The Hall–Kier alpha value is -0.830. The quantitative estimate of drug-likeness (QED) is 0.780. The van der Waals surface area contributed by atoms with Crippen molar-refractivity contribution in [2.24, 2.45) is 5.92 Å². The summed E-state index contributed by atoms with van der Waals surface area (Å²) < 4.78 is 0.887. The summed E-state index contributed by atoms with van der Waals surface area (Å²) in [5.41, 5.74) is 2.84. The van der Waals surface area contributed by atoms with E-state index in [0.717, 1.165) is 30.3 Å². The summed E-state index contributed by atoms with van der Waals surface area (Å²) in [4.78, 5) is 1.38. The molecule has 0 aliphatic heterocycles. The summed E-state index contributed by atoms with van der Waals surface area (Å²) in [6, 6.07) is 12.8. The monoisotopic (exact) mass is 307 g/mol. The molecule has 20 heavy (non-hydrogen) atoms. The number of hydrogen-bond acceptors (Lipinski definition) is 2. The van der Waals surface area contributed by atoms with Crippen LogP contribution in [0.5, 0.6) is 0 Å². The molecule has 1 aromatic carbocycles. The average molecular weight is 308 g/mol. The second-order valence-electron chi connectivity index (χ2n) is 5.21. The predicted octanol–water partition coefficient (Wildman–Crippen LogP) is 4.72. The van der Waals surface area contributed by atoms with Crippen LogP contribution in [-0.4, -0.2) is 13.1 Å². The summed E-state index contributed by atoms with van der Waals surface area (Å²) in [7, 11) is 0. The number of rotatable bonds is 7. The lowest BCUT2D eigenvalue weighted by atomic mass is 9.93. The highest BCUT2D eigenvalue weighted by Gasteiger charge is 2.13. The number of benzene rings is 1. The highest BCUT2D eigenvalue weighted by atomic mass is 35.5. The van der Waals surface area contributed by atoms with Crippen LogP contribution in [0.3, 0.4) is 0 Å². The van der Waals surface area contributed by atoms with Crippen molar-refractivity contribution in [2.75, 3.05) is 13.1 Å². The molecule has 0 radical (unpaired) electrons. The van der Waals surface area contributed by atoms with Gasteiger partial charge in [0.2, 0.25) is 0 Å². The minimum Gasteiger partial charge on any atom is -0.317 e. The topological polar surface area (TPSA) is 12.0 Å². The highest BCUT2D eigenvalue weighted by Crippen LogP contribution is 2.25. The molecule has 1 nitrogen and oxygen atoms in total. The zero-order valence-corrected chi connectivity index (χ0v) is 13.7. The molecule has 0 saturated carbocycles. The van der Waals surface area contributed by atoms with Gasteiger partial charge in [0.15, 0.2) is 0 Å². The van der Waals surface area contributed by atoms with Crippen molar-refractivity contribution < 1.29 is 0 Å². The summed E-state index contributed by atoms with van der Waals surface area (Å²) in [5.74, 6) is 0.616. The molecule has 0 fully saturated rings. The van der Waals surface area contributed by atoms with E-state index in [9.17, 15) is 0 Å². The fraction of sp³-hybridized carbons (Fsp3) is 0.412. The first-order chi connectivity index (χ1) is 9.69. The van der Waals surface area contributed by atoms with E-state index in [-0.39, 0.29) is 0 Å². The van der Waals surface area contributed by atoms with Crippen LogP contribution < -0.4 is 5.32 Å². The third-order valence-electron chi connectivity index (χ3n) is 3.57. The molecular weight excluding hydrogens is 286 g/mol. The number of halogens is 1. The lowest BCUT2D eigenvalue weighted by molar-refractivity contribution is 0.480. The maximum Gasteiger partial charge on any atom is 0.0931 e. The number of hydrogen-bond donors (Lipinski definition) is 1. The molecule has 0 spiro atoms. The second kappa shape index (κ2) is 7.82. The smallest absolute Gasteiger partial charge is 0.0931 e. The van der Waals surface area contributed by atoms with E-state index in [1.807, 2.05) is 6.07 Å². The van der Waals surface area contributed by atoms with Gasteiger partial charge in [0.25, 0.3) is 0 Å². The molecule has 1 unspecified atom stereocenters. The van der Waals surface area contributed by atoms with E-state index in [4.69, 9.17) is 11.6 Å². The zero-order valence-electron chi connectivity index (χ0n) is 12.2. The van der Waals surface area contributed by atoms with Gasteiger partial charge in [-0.25, -0.2) is 0 Å². The Bertz CT molecular complexity index is 535. The van der Waals surface area contributed by atoms with Gasteiger partial charge in [-0.15, -0.1) is 11.3 Å². The lowest BCUT2D eigenvalue weighted by Gasteiger charge is -2.18. The number of thiophene rings is 1. The Balaban J connectivity index is 2.05. The van der Waals surface area contributed by atoms with Gasteiger partial charge in [-0.05, 0) is 62.0 Å². The van der Waals surface area contributed by atoms with E-state index < -0.39 is 0 Å². The summed E-state index contributed by atoms with van der Waals surface area (Å²) >= 11 is 7.74. The van der Waals surface area contributed by atoms with Crippen molar-refractivity contribution in [2.45, 2.75) is 26.7 Å². The highest BCUT2D eigenvalue weighted by molar-refractivity contribution is 7.16. The summed E-state index contributed by atoms with van der Waals surface area (Å²) in [6.07, 6.45) is 2.22. The first-order valence-electron chi connectivity index (χ1n) is 7.18. The van der Waals surface area contributed by atoms with Crippen LogP contribution in [0.2, 0.25) is 4.34 Å². The van der Waals surface area contributed by atoms with Crippen molar-refractivity contribution in [3.63, 3.8) is 0 Å². The Morgan fingerprint density at radius 2 is 1.95 bits per heavy atom. The van der Waals surface area contributed by atoms with Crippen LogP contribution in [0.1, 0.15) is 22.9 Å². The van der Waals surface area contributed by atoms with Gasteiger partial charge in [0.05, 0.1) is 4.34 Å². The Morgan fingerprint density at radius 1 is 1.15 bits per heavy atom. The van der Waals surface area contributed by atoms with Crippen LogP contribution >= 0.6 is 22.9 Å². The molecule has 3 heteroatoms. The minimum absolute atomic E-state index is 0.616. The van der Waals surface area contributed by atoms with Crippen LogP contribution in [-0.2, 0) is 12.8 Å². The standard InChI is InChI=1S/C17H22ClNS/c1-3-19-12-14(11-16-8-9-17(18)20-16)10-15-7-5-4-6-13(15)2/h4-9,14,19H,3,10-12H2,1-2H3. The largest absolute Gasteiger partial charge is 0.317 e. The molecule has 0 aliphatic carbocycles. The summed E-state index contributed by atoms with van der Waals surface area (Å²) in [5, 5.41) is 3.49. The third kappa shape index (κ3) is 4.62. The van der Waals surface area contributed by atoms with Crippen LogP contribution in [0.4, 0.5) is 0 Å². The molecular formula is C17H22ClNS. The first kappa shape index (κ1) is 15.6. The van der Waals surface area contributed by atoms with Crippen molar-refractivity contribution >= 4 is 22.9 Å². The lowest BCUT2D eigenvalue weighted by Crippen LogP contribution is -2.25. The van der Waals surface area contributed by atoms with Crippen molar-refractivity contribution in [1.29, 1.82) is 0 Å². The van der Waals surface area contributed by atoms with E-state index in [2.05, 4.69) is 49.5 Å². The van der Waals surface area contributed by atoms with E-state index in [0.29, 0.717) is 5.92 Å². The molecule has 1 heterocycles. The minimum atomic E-state index is 0.616. The SMILES string of the molecule is CCNCC(Cc1ccc(Cl)s1)Cc1ccccc1C. The molecule has 2 aromatic rings. The molecule has 1 N–H and O–H groups in total. The van der Waals surface area contributed by atoms with Crippen LogP contribution in [0, 0.1) is 12.8 Å². The van der Waals surface area contributed by atoms with E-state index in [1.165, 1.54) is 16.0 Å². The molecule has 0 amide bonds. The van der Waals surface area contributed by atoms with Crippen molar-refractivity contribution in [3.8, 4) is 0 Å². The first-order valence-corrected chi connectivity index (χ1v) is 8.38. The van der Waals surface area contributed by atoms with Crippen LogP contribution in [0.25, 0.3) is 0 Å². The fourth-order valence-corrected chi connectivity index (χ4v) is 3.66.